The van der Waals surface area contributed by atoms with Crippen molar-refractivity contribution in [2.45, 2.75) is 25.4 Å². The van der Waals surface area contributed by atoms with Gasteiger partial charge in [0.25, 0.3) is 0 Å². The number of nitrogens with two attached hydrogens (primary N) is 1. The minimum atomic E-state index is -0.649. The summed E-state index contributed by atoms with van der Waals surface area (Å²) in [6.07, 6.45) is 2.54. The van der Waals surface area contributed by atoms with Crippen LogP contribution >= 0.6 is 15.9 Å². The van der Waals surface area contributed by atoms with Gasteiger partial charge in [-0.05, 0) is 37.0 Å². The van der Waals surface area contributed by atoms with Gasteiger partial charge in [-0.2, -0.15) is 0 Å². The van der Waals surface area contributed by atoms with Gasteiger partial charge in [0.1, 0.15) is 5.75 Å². The number of ether oxygens (including phenoxy) is 1. The molecular weight excluding hydrogens is 270 g/mol. The zero-order valence-corrected chi connectivity index (χ0v) is 10.7. The topological polar surface area (TPSA) is 55.5 Å². The van der Waals surface area contributed by atoms with Gasteiger partial charge in [-0.25, -0.2) is 0 Å². The first-order valence-electron chi connectivity index (χ1n) is 5.55. The largest absolute Gasteiger partial charge is 0.493 e. The molecule has 3 N–H and O–H groups in total. The van der Waals surface area contributed by atoms with E-state index in [1.165, 1.54) is 0 Å². The van der Waals surface area contributed by atoms with Crippen LogP contribution in [0.5, 0.6) is 5.75 Å². The lowest BCUT2D eigenvalue weighted by Crippen LogP contribution is -2.13. The molecule has 0 saturated carbocycles. The first-order valence-corrected chi connectivity index (χ1v) is 6.35. The number of aryl methyl sites for hydroxylation is 1. The lowest BCUT2D eigenvalue weighted by atomic mass is 10.0. The molecule has 0 spiro atoms. The zero-order chi connectivity index (χ0) is 11.5. The van der Waals surface area contributed by atoms with Gasteiger partial charge >= 0.3 is 0 Å². The summed E-state index contributed by atoms with van der Waals surface area (Å²) in [6, 6.07) is 3.95. The Morgan fingerprint density at radius 1 is 1.44 bits per heavy atom. The van der Waals surface area contributed by atoms with Gasteiger partial charge in [0, 0.05) is 16.6 Å². The second-order valence-corrected chi connectivity index (χ2v) is 4.96. The van der Waals surface area contributed by atoms with Crippen molar-refractivity contribution in [2.24, 2.45) is 5.73 Å². The van der Waals surface area contributed by atoms with E-state index in [9.17, 15) is 5.11 Å². The monoisotopic (exact) mass is 285 g/mol. The summed E-state index contributed by atoms with van der Waals surface area (Å²) < 4.78 is 6.69. The van der Waals surface area contributed by atoms with Crippen molar-refractivity contribution in [3.63, 3.8) is 0 Å². The van der Waals surface area contributed by atoms with Crippen LogP contribution in [-0.2, 0) is 6.42 Å². The minimum absolute atomic E-state index is 0.215. The Morgan fingerprint density at radius 3 is 3.00 bits per heavy atom. The Morgan fingerprint density at radius 2 is 2.25 bits per heavy atom. The van der Waals surface area contributed by atoms with Crippen LogP contribution in [0.2, 0.25) is 0 Å². The zero-order valence-electron chi connectivity index (χ0n) is 9.08. The van der Waals surface area contributed by atoms with Crippen LogP contribution < -0.4 is 10.5 Å². The Labute approximate surface area is 104 Å². The van der Waals surface area contributed by atoms with E-state index in [0.29, 0.717) is 0 Å². The van der Waals surface area contributed by atoms with Crippen LogP contribution in [0.3, 0.4) is 0 Å². The van der Waals surface area contributed by atoms with E-state index >= 15 is 0 Å². The van der Waals surface area contributed by atoms with Crippen molar-refractivity contribution >= 4 is 15.9 Å². The number of fused-ring (bicyclic) bond motifs is 1. The number of hydrogen-bond donors (Lipinski definition) is 2. The molecule has 16 heavy (non-hydrogen) atoms. The van der Waals surface area contributed by atoms with Gasteiger partial charge < -0.3 is 15.6 Å². The second-order valence-electron chi connectivity index (χ2n) is 4.04. The first kappa shape index (κ1) is 11.9. The predicted molar refractivity (Wildman–Crippen MR) is 66.6 cm³/mol. The maximum Gasteiger partial charge on any atom is 0.128 e. The minimum Gasteiger partial charge on any atom is -0.493 e. The molecule has 3 nitrogen and oxygen atoms in total. The van der Waals surface area contributed by atoms with Crippen LogP contribution in [0.25, 0.3) is 0 Å². The molecule has 4 heteroatoms. The summed E-state index contributed by atoms with van der Waals surface area (Å²) in [5, 5.41) is 9.88. The molecule has 1 atom stereocenters. The molecule has 0 bridgehead atoms. The average molecular weight is 286 g/mol. The van der Waals surface area contributed by atoms with Crippen molar-refractivity contribution in [2.75, 3.05) is 13.2 Å². The van der Waals surface area contributed by atoms with Crippen LogP contribution in [-0.4, -0.2) is 18.3 Å². The van der Waals surface area contributed by atoms with E-state index in [1.54, 1.807) is 0 Å². The highest BCUT2D eigenvalue weighted by Crippen LogP contribution is 2.35. The van der Waals surface area contributed by atoms with E-state index in [1.807, 2.05) is 6.07 Å². The van der Waals surface area contributed by atoms with Crippen LogP contribution in [0.1, 0.15) is 30.1 Å². The maximum absolute atomic E-state index is 9.88. The number of aliphatic hydroxyl groups excluding tert-OH is 1. The van der Waals surface area contributed by atoms with Crippen molar-refractivity contribution in [1.29, 1.82) is 0 Å². The third-order valence-electron chi connectivity index (χ3n) is 2.83. The van der Waals surface area contributed by atoms with Crippen molar-refractivity contribution in [1.82, 2.24) is 0 Å². The highest BCUT2D eigenvalue weighted by atomic mass is 79.9. The first-order chi connectivity index (χ1) is 7.72. The molecule has 0 fully saturated rings. The van der Waals surface area contributed by atoms with Gasteiger partial charge in [-0.15, -0.1) is 0 Å². The molecule has 2 rings (SSSR count). The van der Waals surface area contributed by atoms with Crippen molar-refractivity contribution < 1.29 is 9.84 Å². The van der Waals surface area contributed by atoms with Crippen molar-refractivity contribution in [3.05, 3.63) is 27.7 Å². The number of aliphatic hydroxyl groups is 1. The van der Waals surface area contributed by atoms with E-state index in [4.69, 9.17) is 10.5 Å². The lowest BCUT2D eigenvalue weighted by Gasteiger charge is -2.17. The highest BCUT2D eigenvalue weighted by Gasteiger charge is 2.18. The number of benzene rings is 1. The lowest BCUT2D eigenvalue weighted by molar-refractivity contribution is 0.179. The summed E-state index contributed by atoms with van der Waals surface area (Å²) >= 11 is 3.46. The number of halogens is 1. The molecule has 1 unspecified atom stereocenters. The maximum atomic E-state index is 9.88. The quantitative estimate of drug-likeness (QED) is 0.876. The molecule has 1 aromatic rings. The number of hydrogen-bond acceptors (Lipinski definition) is 3. The van der Waals surface area contributed by atoms with Gasteiger partial charge in [-0.1, -0.05) is 15.9 Å². The van der Waals surface area contributed by atoms with E-state index in [2.05, 4.69) is 22.0 Å². The predicted octanol–water partition coefficient (Wildman–Crippen LogP) is 2.16. The summed E-state index contributed by atoms with van der Waals surface area (Å²) in [5.74, 6) is 0.832. The van der Waals surface area contributed by atoms with Crippen LogP contribution in [0.4, 0.5) is 0 Å². The molecule has 88 valence electrons. The molecule has 1 aliphatic heterocycles. The SMILES string of the molecule is NCC(O)c1cc(Br)cc2c1OCCCC2. The van der Waals surface area contributed by atoms with E-state index in [0.717, 1.165) is 47.2 Å². The smallest absolute Gasteiger partial charge is 0.128 e. The summed E-state index contributed by atoms with van der Waals surface area (Å²) in [6.45, 7) is 0.936. The standard InChI is InChI=1S/C12H16BrNO2/c13-9-5-8-3-1-2-4-16-12(8)10(6-9)11(15)7-14/h5-6,11,15H,1-4,7,14H2. The van der Waals surface area contributed by atoms with Gasteiger partial charge in [-0.3, -0.25) is 0 Å². The summed E-state index contributed by atoms with van der Waals surface area (Å²) in [5.41, 5.74) is 7.47. The fourth-order valence-electron chi connectivity index (χ4n) is 2.00. The van der Waals surface area contributed by atoms with E-state index < -0.39 is 6.10 Å². The third-order valence-corrected chi connectivity index (χ3v) is 3.29. The molecule has 1 aromatic carbocycles. The second kappa shape index (κ2) is 5.17. The average Bonchev–Trinajstić information content (AvgIpc) is 2.51. The fraction of sp³-hybridized carbons (Fsp3) is 0.500. The summed E-state index contributed by atoms with van der Waals surface area (Å²) in [4.78, 5) is 0. The van der Waals surface area contributed by atoms with Crippen molar-refractivity contribution in [3.8, 4) is 5.75 Å². The molecule has 0 aliphatic carbocycles. The molecule has 0 amide bonds. The Bertz CT molecular complexity index is 382. The molecular formula is C12H16BrNO2. The summed E-state index contributed by atoms with van der Waals surface area (Å²) in [7, 11) is 0. The molecule has 0 radical (unpaired) electrons. The molecule has 0 saturated heterocycles. The van der Waals surface area contributed by atoms with Gasteiger partial charge in [0.15, 0.2) is 0 Å². The van der Waals surface area contributed by atoms with Crippen LogP contribution in [0, 0.1) is 0 Å². The highest BCUT2D eigenvalue weighted by molar-refractivity contribution is 9.10. The Kier molecular flexibility index (Phi) is 3.84. The van der Waals surface area contributed by atoms with Gasteiger partial charge in [0.05, 0.1) is 12.7 Å². The molecule has 1 heterocycles. The van der Waals surface area contributed by atoms with E-state index in [-0.39, 0.29) is 6.54 Å². The molecule has 0 aromatic heterocycles. The van der Waals surface area contributed by atoms with Crippen LogP contribution in [0.15, 0.2) is 16.6 Å². The fourth-order valence-corrected chi connectivity index (χ4v) is 2.52. The molecule has 1 aliphatic rings. The Balaban J connectivity index is 2.46. The third kappa shape index (κ3) is 2.39. The van der Waals surface area contributed by atoms with Gasteiger partial charge in [0.2, 0.25) is 0 Å². The Hall–Kier alpha value is -0.580. The normalized spacial score (nSPS) is 17.2. The number of rotatable bonds is 2.